The molecule has 1 aromatic heterocycles. The van der Waals surface area contributed by atoms with E-state index in [2.05, 4.69) is 25.2 Å². The lowest BCUT2D eigenvalue weighted by atomic mass is 9.85. The van der Waals surface area contributed by atoms with Crippen molar-refractivity contribution in [2.75, 3.05) is 18.5 Å². The molecular formula is C16H23N3O. The number of nitrogens with one attached hydrogen (secondary N) is 1. The van der Waals surface area contributed by atoms with E-state index in [0.717, 1.165) is 25.0 Å². The summed E-state index contributed by atoms with van der Waals surface area (Å²) in [6, 6.07) is 2.33. The van der Waals surface area contributed by atoms with Crippen LogP contribution in [-0.4, -0.2) is 23.2 Å². The maximum absolute atomic E-state index is 9.48. The van der Waals surface area contributed by atoms with Gasteiger partial charge in [-0.25, -0.2) is 4.98 Å². The van der Waals surface area contributed by atoms with E-state index in [1.165, 1.54) is 17.5 Å². The lowest BCUT2D eigenvalue weighted by Gasteiger charge is -2.24. The van der Waals surface area contributed by atoms with Gasteiger partial charge in [0.2, 0.25) is 0 Å². The van der Waals surface area contributed by atoms with Gasteiger partial charge in [-0.1, -0.05) is 13.8 Å². The summed E-state index contributed by atoms with van der Waals surface area (Å²) in [5, 5.41) is 21.6. The van der Waals surface area contributed by atoms with Crippen LogP contribution in [0.4, 0.5) is 5.82 Å². The number of pyridine rings is 1. The highest BCUT2D eigenvalue weighted by atomic mass is 16.3. The number of anilines is 1. The van der Waals surface area contributed by atoms with E-state index in [1.54, 1.807) is 0 Å². The minimum absolute atomic E-state index is 0.150. The Morgan fingerprint density at radius 1 is 1.30 bits per heavy atom. The first-order chi connectivity index (χ1) is 9.69. The van der Waals surface area contributed by atoms with Gasteiger partial charge < -0.3 is 10.4 Å². The monoisotopic (exact) mass is 273 g/mol. The smallest absolute Gasteiger partial charge is 0.144 e. The van der Waals surface area contributed by atoms with E-state index < -0.39 is 0 Å². The Hall–Kier alpha value is -1.60. The SMILES string of the molecule is CC(C)c1nc(NCCCO)c(C#N)c2c1CCCC2. The van der Waals surface area contributed by atoms with Crippen LogP contribution in [0.2, 0.25) is 0 Å². The van der Waals surface area contributed by atoms with Gasteiger partial charge in [0.05, 0.1) is 5.56 Å². The third kappa shape index (κ3) is 2.94. The van der Waals surface area contributed by atoms with Gasteiger partial charge in [0.1, 0.15) is 11.9 Å². The van der Waals surface area contributed by atoms with E-state index in [-0.39, 0.29) is 6.61 Å². The minimum atomic E-state index is 0.150. The molecule has 1 aliphatic rings. The topological polar surface area (TPSA) is 68.9 Å². The molecule has 20 heavy (non-hydrogen) atoms. The van der Waals surface area contributed by atoms with Crippen LogP contribution in [0.3, 0.4) is 0 Å². The van der Waals surface area contributed by atoms with E-state index in [1.807, 2.05) is 0 Å². The molecule has 0 fully saturated rings. The molecule has 0 unspecified atom stereocenters. The second kappa shape index (κ2) is 6.71. The van der Waals surface area contributed by atoms with Crippen molar-refractivity contribution >= 4 is 5.82 Å². The van der Waals surface area contributed by atoms with Crippen LogP contribution in [0.15, 0.2) is 0 Å². The molecule has 0 atom stereocenters. The van der Waals surface area contributed by atoms with Gasteiger partial charge in [-0.3, -0.25) is 0 Å². The fourth-order valence-corrected chi connectivity index (χ4v) is 2.86. The minimum Gasteiger partial charge on any atom is -0.396 e. The van der Waals surface area contributed by atoms with Gasteiger partial charge in [-0.2, -0.15) is 5.26 Å². The maximum Gasteiger partial charge on any atom is 0.144 e. The quantitative estimate of drug-likeness (QED) is 0.809. The van der Waals surface area contributed by atoms with Gasteiger partial charge in [0.15, 0.2) is 0 Å². The highest BCUT2D eigenvalue weighted by molar-refractivity contribution is 5.60. The maximum atomic E-state index is 9.48. The van der Waals surface area contributed by atoms with Crippen molar-refractivity contribution in [3.8, 4) is 6.07 Å². The van der Waals surface area contributed by atoms with Gasteiger partial charge in [-0.05, 0) is 49.1 Å². The Morgan fingerprint density at radius 3 is 2.60 bits per heavy atom. The lowest BCUT2D eigenvalue weighted by molar-refractivity contribution is 0.292. The van der Waals surface area contributed by atoms with Gasteiger partial charge in [-0.15, -0.1) is 0 Å². The molecule has 2 rings (SSSR count). The molecule has 0 spiro atoms. The molecule has 4 heteroatoms. The van der Waals surface area contributed by atoms with Crippen molar-refractivity contribution in [1.29, 1.82) is 5.26 Å². The van der Waals surface area contributed by atoms with Crippen LogP contribution in [0.5, 0.6) is 0 Å². The third-order valence-corrected chi connectivity index (χ3v) is 3.83. The van der Waals surface area contributed by atoms with Crippen LogP contribution in [-0.2, 0) is 12.8 Å². The molecule has 0 amide bonds. The average Bonchev–Trinajstić information content (AvgIpc) is 2.46. The largest absolute Gasteiger partial charge is 0.396 e. The molecule has 0 aliphatic heterocycles. The zero-order valence-corrected chi connectivity index (χ0v) is 12.4. The van der Waals surface area contributed by atoms with Crippen molar-refractivity contribution in [3.63, 3.8) is 0 Å². The Labute approximate surface area is 120 Å². The molecule has 0 saturated heterocycles. The summed E-state index contributed by atoms with van der Waals surface area (Å²) >= 11 is 0. The molecule has 0 aromatic carbocycles. The lowest BCUT2D eigenvalue weighted by Crippen LogP contribution is -2.16. The number of hydrogen-bond donors (Lipinski definition) is 2. The highest BCUT2D eigenvalue weighted by Gasteiger charge is 2.23. The van der Waals surface area contributed by atoms with E-state index in [9.17, 15) is 5.26 Å². The summed E-state index contributed by atoms with van der Waals surface area (Å²) in [6.45, 7) is 5.10. The predicted octanol–water partition coefficient (Wildman–Crippen LogP) is 2.75. The summed E-state index contributed by atoms with van der Waals surface area (Å²) in [7, 11) is 0. The summed E-state index contributed by atoms with van der Waals surface area (Å²) in [5.41, 5.74) is 4.34. The van der Waals surface area contributed by atoms with Crippen LogP contribution >= 0.6 is 0 Å². The van der Waals surface area contributed by atoms with E-state index in [4.69, 9.17) is 10.1 Å². The van der Waals surface area contributed by atoms with Crippen molar-refractivity contribution < 1.29 is 5.11 Å². The van der Waals surface area contributed by atoms with Crippen molar-refractivity contribution in [2.24, 2.45) is 0 Å². The van der Waals surface area contributed by atoms with Crippen LogP contribution < -0.4 is 5.32 Å². The average molecular weight is 273 g/mol. The van der Waals surface area contributed by atoms with Crippen LogP contribution in [0.1, 0.15) is 61.4 Å². The number of fused-ring (bicyclic) bond motifs is 1. The fraction of sp³-hybridized carbons (Fsp3) is 0.625. The molecule has 108 valence electrons. The first-order valence-corrected chi connectivity index (χ1v) is 7.49. The van der Waals surface area contributed by atoms with Crippen LogP contribution in [0.25, 0.3) is 0 Å². The summed E-state index contributed by atoms with van der Waals surface area (Å²) in [4.78, 5) is 4.71. The number of hydrogen-bond acceptors (Lipinski definition) is 4. The number of aliphatic hydroxyl groups excluding tert-OH is 1. The normalized spacial score (nSPS) is 13.9. The Morgan fingerprint density at radius 2 is 2.00 bits per heavy atom. The Bertz CT molecular complexity index is 517. The molecule has 1 aliphatic carbocycles. The Kier molecular flexibility index (Phi) is 4.97. The molecule has 4 nitrogen and oxygen atoms in total. The first-order valence-electron chi connectivity index (χ1n) is 7.49. The third-order valence-electron chi connectivity index (χ3n) is 3.83. The van der Waals surface area contributed by atoms with Crippen molar-refractivity contribution in [2.45, 2.75) is 51.9 Å². The van der Waals surface area contributed by atoms with Gasteiger partial charge >= 0.3 is 0 Å². The summed E-state index contributed by atoms with van der Waals surface area (Å²) in [5.74, 6) is 1.07. The number of nitrogens with zero attached hydrogens (tertiary/aromatic N) is 2. The summed E-state index contributed by atoms with van der Waals surface area (Å²) in [6.07, 6.45) is 5.03. The zero-order chi connectivity index (χ0) is 14.5. The number of aromatic nitrogens is 1. The molecule has 0 saturated carbocycles. The second-order valence-electron chi connectivity index (χ2n) is 5.66. The molecule has 0 bridgehead atoms. The highest BCUT2D eigenvalue weighted by Crippen LogP contribution is 2.33. The Balaban J connectivity index is 2.45. The van der Waals surface area contributed by atoms with Crippen LogP contribution in [0, 0.1) is 11.3 Å². The zero-order valence-electron chi connectivity index (χ0n) is 12.4. The first kappa shape index (κ1) is 14.8. The standard InChI is InChI=1S/C16H23N3O/c1-11(2)15-13-7-4-3-6-12(13)14(10-17)16(19-15)18-8-5-9-20/h11,20H,3-9H2,1-2H3,(H,18,19). The van der Waals surface area contributed by atoms with Crippen molar-refractivity contribution in [3.05, 3.63) is 22.4 Å². The number of aliphatic hydroxyl groups is 1. The molecule has 0 radical (unpaired) electrons. The molecule has 1 aromatic rings. The van der Waals surface area contributed by atoms with Crippen molar-refractivity contribution in [1.82, 2.24) is 4.98 Å². The number of rotatable bonds is 5. The van der Waals surface area contributed by atoms with Gasteiger partial charge in [0.25, 0.3) is 0 Å². The van der Waals surface area contributed by atoms with Gasteiger partial charge in [0, 0.05) is 18.8 Å². The van der Waals surface area contributed by atoms with E-state index in [0.29, 0.717) is 30.3 Å². The fourth-order valence-electron chi connectivity index (χ4n) is 2.86. The molecule has 1 heterocycles. The predicted molar refractivity (Wildman–Crippen MR) is 79.9 cm³/mol. The molecule has 2 N–H and O–H groups in total. The molecular weight excluding hydrogens is 250 g/mol. The summed E-state index contributed by atoms with van der Waals surface area (Å²) < 4.78 is 0. The van der Waals surface area contributed by atoms with E-state index >= 15 is 0 Å². The second-order valence-corrected chi connectivity index (χ2v) is 5.66. The number of nitriles is 1.